The predicted octanol–water partition coefficient (Wildman–Crippen LogP) is 2.14. The molecule has 1 heterocycles. The van der Waals surface area contributed by atoms with E-state index in [0.29, 0.717) is 22.7 Å². The second kappa shape index (κ2) is 6.90. The number of hydrogen-bond donors (Lipinski definition) is 2. The number of amides is 3. The second-order valence-electron chi connectivity index (χ2n) is 5.41. The monoisotopic (exact) mass is 343 g/mol. The number of benzene rings is 1. The van der Waals surface area contributed by atoms with E-state index in [1.807, 2.05) is 0 Å². The summed E-state index contributed by atoms with van der Waals surface area (Å²) in [5.41, 5.74) is 0.757. The topological polar surface area (TPSA) is 78.5 Å². The first-order chi connectivity index (χ1) is 11.2. The van der Waals surface area contributed by atoms with Crippen LogP contribution >= 0.6 is 0 Å². The summed E-state index contributed by atoms with van der Waals surface area (Å²) in [6.45, 7) is 1.22. The van der Waals surface area contributed by atoms with E-state index in [-0.39, 0.29) is 18.9 Å². The number of halogens is 3. The van der Waals surface area contributed by atoms with Gasteiger partial charge in [0.15, 0.2) is 0 Å². The van der Waals surface area contributed by atoms with E-state index in [0.717, 1.165) is 0 Å². The van der Waals surface area contributed by atoms with Crippen molar-refractivity contribution in [2.75, 3.05) is 17.2 Å². The zero-order chi connectivity index (χ0) is 17.9. The summed E-state index contributed by atoms with van der Waals surface area (Å²) < 4.78 is 37.7. The van der Waals surface area contributed by atoms with Gasteiger partial charge in [0.25, 0.3) is 0 Å². The van der Waals surface area contributed by atoms with Gasteiger partial charge in [0.2, 0.25) is 11.8 Å². The SMILES string of the molecule is CC(=O)Nc1cccc(NC(=O)C2CCCN2C(=O)C(F)(F)F)c1. The molecule has 1 unspecified atom stereocenters. The van der Waals surface area contributed by atoms with Crippen molar-refractivity contribution in [1.29, 1.82) is 0 Å². The predicted molar refractivity (Wildman–Crippen MR) is 80.2 cm³/mol. The molecule has 0 aliphatic carbocycles. The highest BCUT2D eigenvalue weighted by Gasteiger charge is 2.47. The largest absolute Gasteiger partial charge is 0.471 e. The molecule has 9 heteroatoms. The Morgan fingerprint density at radius 2 is 1.79 bits per heavy atom. The van der Waals surface area contributed by atoms with Gasteiger partial charge in [-0.3, -0.25) is 14.4 Å². The van der Waals surface area contributed by atoms with Crippen molar-refractivity contribution in [2.45, 2.75) is 32.0 Å². The molecule has 2 N–H and O–H groups in total. The van der Waals surface area contributed by atoms with Crippen LogP contribution in [0.5, 0.6) is 0 Å². The lowest BCUT2D eigenvalue weighted by Crippen LogP contribution is -2.48. The fourth-order valence-electron chi connectivity index (χ4n) is 2.55. The smallest absolute Gasteiger partial charge is 0.326 e. The molecule has 0 spiro atoms. The van der Waals surface area contributed by atoms with E-state index >= 15 is 0 Å². The first-order valence-corrected chi connectivity index (χ1v) is 7.25. The van der Waals surface area contributed by atoms with Gasteiger partial charge in [0, 0.05) is 24.8 Å². The van der Waals surface area contributed by atoms with Crippen LogP contribution in [-0.4, -0.2) is 41.4 Å². The first-order valence-electron chi connectivity index (χ1n) is 7.25. The van der Waals surface area contributed by atoms with E-state index in [1.165, 1.54) is 19.1 Å². The molecule has 1 aromatic rings. The van der Waals surface area contributed by atoms with E-state index in [9.17, 15) is 27.6 Å². The average Bonchev–Trinajstić information content (AvgIpc) is 2.94. The van der Waals surface area contributed by atoms with Crippen molar-refractivity contribution in [3.8, 4) is 0 Å². The molecule has 1 aromatic carbocycles. The molecule has 3 amide bonds. The van der Waals surface area contributed by atoms with Crippen molar-refractivity contribution >= 4 is 29.1 Å². The molecule has 0 aromatic heterocycles. The Hall–Kier alpha value is -2.58. The fraction of sp³-hybridized carbons (Fsp3) is 0.400. The highest BCUT2D eigenvalue weighted by atomic mass is 19.4. The number of rotatable bonds is 3. The second-order valence-corrected chi connectivity index (χ2v) is 5.41. The molecule has 1 saturated heterocycles. The Labute approximate surface area is 136 Å². The van der Waals surface area contributed by atoms with Crippen LogP contribution in [0.15, 0.2) is 24.3 Å². The third-order valence-corrected chi connectivity index (χ3v) is 3.51. The minimum atomic E-state index is -5.01. The maximum Gasteiger partial charge on any atom is 0.471 e. The lowest BCUT2D eigenvalue weighted by atomic mass is 10.2. The maximum atomic E-state index is 12.6. The summed E-state index contributed by atoms with van der Waals surface area (Å²) in [6.07, 6.45) is -4.51. The number of carbonyl (C=O) groups excluding carboxylic acids is 3. The van der Waals surface area contributed by atoms with Crippen molar-refractivity contribution in [1.82, 2.24) is 4.90 Å². The zero-order valence-electron chi connectivity index (χ0n) is 12.8. The van der Waals surface area contributed by atoms with Gasteiger partial charge in [-0.1, -0.05) is 6.07 Å². The number of carbonyl (C=O) groups is 3. The summed E-state index contributed by atoms with van der Waals surface area (Å²) in [5, 5.41) is 5.01. The quantitative estimate of drug-likeness (QED) is 0.883. The highest BCUT2D eigenvalue weighted by Crippen LogP contribution is 2.26. The zero-order valence-corrected chi connectivity index (χ0v) is 12.8. The van der Waals surface area contributed by atoms with Crippen LogP contribution < -0.4 is 10.6 Å². The summed E-state index contributed by atoms with van der Waals surface area (Å²) in [6, 6.07) is 5.03. The molecule has 0 radical (unpaired) electrons. The summed E-state index contributed by atoms with van der Waals surface area (Å²) >= 11 is 0. The minimum Gasteiger partial charge on any atom is -0.326 e. The Morgan fingerprint density at radius 1 is 1.17 bits per heavy atom. The van der Waals surface area contributed by atoms with Gasteiger partial charge >= 0.3 is 12.1 Å². The molecule has 1 aliphatic rings. The molecule has 24 heavy (non-hydrogen) atoms. The Balaban J connectivity index is 2.09. The number of nitrogens with one attached hydrogen (secondary N) is 2. The van der Waals surface area contributed by atoms with Crippen molar-refractivity contribution < 1.29 is 27.6 Å². The van der Waals surface area contributed by atoms with Crippen LogP contribution in [0.2, 0.25) is 0 Å². The Bertz CT molecular complexity index is 661. The number of likely N-dealkylation sites (tertiary alicyclic amines) is 1. The highest BCUT2D eigenvalue weighted by molar-refractivity contribution is 5.99. The summed E-state index contributed by atoms with van der Waals surface area (Å²) in [4.78, 5) is 35.2. The van der Waals surface area contributed by atoms with Gasteiger partial charge in [-0.2, -0.15) is 13.2 Å². The summed E-state index contributed by atoms with van der Waals surface area (Å²) in [5.74, 6) is -2.99. The molecular weight excluding hydrogens is 327 g/mol. The third-order valence-electron chi connectivity index (χ3n) is 3.51. The molecule has 6 nitrogen and oxygen atoms in total. The van der Waals surface area contributed by atoms with E-state index in [1.54, 1.807) is 12.1 Å². The van der Waals surface area contributed by atoms with Gasteiger partial charge in [0.1, 0.15) is 6.04 Å². The molecule has 1 fully saturated rings. The van der Waals surface area contributed by atoms with Crippen molar-refractivity contribution in [3.05, 3.63) is 24.3 Å². The Kier molecular flexibility index (Phi) is 5.10. The molecule has 130 valence electrons. The first kappa shape index (κ1) is 17.8. The lowest BCUT2D eigenvalue weighted by Gasteiger charge is -2.24. The number of nitrogens with zero attached hydrogens (tertiary/aromatic N) is 1. The van der Waals surface area contributed by atoms with Gasteiger partial charge in [-0.15, -0.1) is 0 Å². The number of alkyl halides is 3. The maximum absolute atomic E-state index is 12.6. The van der Waals surface area contributed by atoms with Crippen LogP contribution in [0.4, 0.5) is 24.5 Å². The standard InChI is InChI=1S/C15H16F3N3O3/c1-9(22)19-10-4-2-5-11(8-10)20-13(23)12-6-3-7-21(12)14(24)15(16,17)18/h2,4-5,8,12H,3,6-7H2,1H3,(H,19,22)(H,20,23). The molecule has 1 aliphatic heterocycles. The van der Waals surface area contributed by atoms with E-state index in [2.05, 4.69) is 10.6 Å². The van der Waals surface area contributed by atoms with Crippen LogP contribution in [0.25, 0.3) is 0 Å². The minimum absolute atomic E-state index is 0.109. The van der Waals surface area contributed by atoms with Crippen molar-refractivity contribution in [2.24, 2.45) is 0 Å². The van der Waals surface area contributed by atoms with Crippen LogP contribution in [0, 0.1) is 0 Å². The molecule has 2 rings (SSSR count). The summed E-state index contributed by atoms with van der Waals surface area (Å²) in [7, 11) is 0. The molecular formula is C15H16F3N3O3. The van der Waals surface area contributed by atoms with Gasteiger partial charge in [0.05, 0.1) is 0 Å². The lowest BCUT2D eigenvalue weighted by molar-refractivity contribution is -0.186. The van der Waals surface area contributed by atoms with E-state index in [4.69, 9.17) is 0 Å². The molecule has 0 saturated carbocycles. The van der Waals surface area contributed by atoms with Crippen LogP contribution in [0.3, 0.4) is 0 Å². The van der Waals surface area contributed by atoms with Crippen LogP contribution in [-0.2, 0) is 14.4 Å². The van der Waals surface area contributed by atoms with Gasteiger partial charge in [-0.25, -0.2) is 0 Å². The number of anilines is 2. The van der Waals surface area contributed by atoms with E-state index < -0.39 is 24.0 Å². The van der Waals surface area contributed by atoms with Crippen molar-refractivity contribution in [3.63, 3.8) is 0 Å². The normalized spacial score (nSPS) is 17.5. The Morgan fingerprint density at radius 3 is 2.38 bits per heavy atom. The fourth-order valence-corrected chi connectivity index (χ4v) is 2.55. The van der Waals surface area contributed by atoms with Gasteiger partial charge in [-0.05, 0) is 31.0 Å². The van der Waals surface area contributed by atoms with Crippen LogP contribution in [0.1, 0.15) is 19.8 Å². The van der Waals surface area contributed by atoms with Gasteiger partial charge < -0.3 is 15.5 Å². The number of hydrogen-bond acceptors (Lipinski definition) is 3. The third kappa shape index (κ3) is 4.24. The molecule has 0 bridgehead atoms. The molecule has 1 atom stereocenters. The average molecular weight is 343 g/mol.